The van der Waals surface area contributed by atoms with Crippen LogP contribution in [0.4, 0.5) is 32.8 Å². The highest BCUT2D eigenvalue weighted by atomic mass is 19.1. The van der Waals surface area contributed by atoms with Gasteiger partial charge in [0.15, 0.2) is 0 Å². The van der Waals surface area contributed by atoms with E-state index in [0.717, 1.165) is 34.0 Å². The average Bonchev–Trinajstić information content (AvgIpc) is 2.92. The lowest BCUT2D eigenvalue weighted by Gasteiger charge is -2.21. The van der Waals surface area contributed by atoms with E-state index in [1.54, 1.807) is 36.9 Å². The molecule has 184 valence electrons. The van der Waals surface area contributed by atoms with Gasteiger partial charge in [0, 0.05) is 53.5 Å². The number of hydrogen-bond acceptors (Lipinski definition) is 6. The van der Waals surface area contributed by atoms with Gasteiger partial charge in [0.05, 0.1) is 11.9 Å². The first-order chi connectivity index (χ1) is 17.6. The summed E-state index contributed by atoms with van der Waals surface area (Å²) >= 11 is 0. The third-order valence-corrected chi connectivity index (χ3v) is 5.65. The van der Waals surface area contributed by atoms with Crippen molar-refractivity contribution >= 4 is 34.3 Å². The molecule has 0 bridgehead atoms. The van der Waals surface area contributed by atoms with Crippen LogP contribution in [0.15, 0.2) is 79.4 Å². The van der Waals surface area contributed by atoms with Crippen molar-refractivity contribution < 1.29 is 9.18 Å². The fourth-order valence-corrected chi connectivity index (χ4v) is 3.90. The number of aryl methyl sites for hydroxylation is 1. The van der Waals surface area contributed by atoms with Gasteiger partial charge in [-0.25, -0.2) is 9.37 Å². The van der Waals surface area contributed by atoms with Crippen LogP contribution in [0.2, 0.25) is 0 Å². The molecular formula is C28H29FN6O. The molecule has 1 aliphatic rings. The van der Waals surface area contributed by atoms with Gasteiger partial charge in [0.2, 0.25) is 0 Å². The molecule has 0 aliphatic heterocycles. The van der Waals surface area contributed by atoms with E-state index >= 15 is 0 Å². The van der Waals surface area contributed by atoms with Crippen LogP contribution in [0.3, 0.4) is 0 Å². The minimum Gasteiger partial charge on any atom is -0.355 e. The van der Waals surface area contributed by atoms with Gasteiger partial charge in [-0.05, 0) is 73.0 Å². The Morgan fingerprint density at radius 3 is 2.25 bits per heavy atom. The van der Waals surface area contributed by atoms with Crippen LogP contribution in [-0.4, -0.2) is 27.0 Å². The van der Waals surface area contributed by atoms with Crippen LogP contribution >= 0.6 is 0 Å². The zero-order chi connectivity index (χ0) is 25.3. The second-order valence-electron chi connectivity index (χ2n) is 8.07. The monoisotopic (exact) mass is 484 g/mol. The summed E-state index contributed by atoms with van der Waals surface area (Å²) in [4.78, 5) is 25.3. The number of fused-ring (bicyclic) bond motifs is 1. The minimum absolute atomic E-state index is 0.296. The van der Waals surface area contributed by atoms with Crippen LogP contribution in [0.5, 0.6) is 0 Å². The highest BCUT2D eigenvalue weighted by molar-refractivity contribution is 6.03. The Hall–Kier alpha value is -4.33. The molecule has 3 N–H and O–H groups in total. The molecule has 7 nitrogen and oxygen atoms in total. The standard InChI is InChI=1S/C26H23FN6O.C2H6/c27-17-1-7-23-22(15-17)24(11-14-29-23)32-21-6-8-25(30-16-21)26(34)33-19-4-2-18(3-5-19)31-20-9-12-28-13-10-20;1-2/h2-6,8-14,16-17H,1,7,15H2,(H,28,31)(H,29,32)(H,33,34);1-2H3. The fraction of sp³-hybridized carbons (Fsp3) is 0.214. The average molecular weight is 485 g/mol. The second kappa shape index (κ2) is 11.9. The van der Waals surface area contributed by atoms with E-state index in [4.69, 9.17) is 0 Å². The molecule has 4 aromatic rings. The molecule has 3 heterocycles. The van der Waals surface area contributed by atoms with Crippen LogP contribution in [0, 0.1) is 0 Å². The number of aromatic nitrogens is 3. The van der Waals surface area contributed by atoms with Crippen LogP contribution in [0.1, 0.15) is 42.0 Å². The predicted molar refractivity (Wildman–Crippen MR) is 142 cm³/mol. The number of benzene rings is 1. The molecule has 0 saturated carbocycles. The molecule has 1 aliphatic carbocycles. The highest BCUT2D eigenvalue weighted by Crippen LogP contribution is 2.29. The van der Waals surface area contributed by atoms with Crippen LogP contribution in [0.25, 0.3) is 0 Å². The summed E-state index contributed by atoms with van der Waals surface area (Å²) in [6.45, 7) is 4.00. The number of halogens is 1. The Kier molecular flexibility index (Phi) is 8.18. The summed E-state index contributed by atoms with van der Waals surface area (Å²) in [5.41, 5.74) is 6.18. The lowest BCUT2D eigenvalue weighted by molar-refractivity contribution is 0.102. The topological polar surface area (TPSA) is 91.8 Å². The van der Waals surface area contributed by atoms with E-state index in [0.29, 0.717) is 30.6 Å². The number of hydrogen-bond donors (Lipinski definition) is 3. The van der Waals surface area contributed by atoms with Crippen LogP contribution in [-0.2, 0) is 12.8 Å². The first-order valence-corrected chi connectivity index (χ1v) is 12.1. The zero-order valence-corrected chi connectivity index (χ0v) is 20.3. The van der Waals surface area contributed by atoms with E-state index in [1.807, 2.05) is 56.3 Å². The van der Waals surface area contributed by atoms with Gasteiger partial charge in [-0.2, -0.15) is 0 Å². The number of carbonyl (C=O) groups is 1. The summed E-state index contributed by atoms with van der Waals surface area (Å²) in [7, 11) is 0. The van der Waals surface area contributed by atoms with Gasteiger partial charge in [0.25, 0.3) is 5.91 Å². The van der Waals surface area contributed by atoms with Crippen molar-refractivity contribution in [1.29, 1.82) is 0 Å². The van der Waals surface area contributed by atoms with E-state index in [2.05, 4.69) is 30.9 Å². The number of amides is 1. The molecule has 0 saturated heterocycles. The van der Waals surface area contributed by atoms with Crippen molar-refractivity contribution in [3.63, 3.8) is 0 Å². The molecule has 1 aromatic carbocycles. The van der Waals surface area contributed by atoms with Gasteiger partial charge < -0.3 is 16.0 Å². The minimum atomic E-state index is -0.845. The zero-order valence-electron chi connectivity index (χ0n) is 20.3. The van der Waals surface area contributed by atoms with E-state index in [1.165, 1.54) is 0 Å². The summed E-state index contributed by atoms with van der Waals surface area (Å²) < 4.78 is 13.9. The van der Waals surface area contributed by atoms with Crippen molar-refractivity contribution in [3.05, 3.63) is 96.3 Å². The highest BCUT2D eigenvalue weighted by Gasteiger charge is 2.21. The quantitative estimate of drug-likeness (QED) is 0.291. The number of carbonyl (C=O) groups excluding carboxylic acids is 1. The maximum atomic E-state index is 13.9. The number of pyridine rings is 3. The molecule has 0 radical (unpaired) electrons. The summed E-state index contributed by atoms with van der Waals surface area (Å²) in [6, 6.07) is 16.4. The number of nitrogens with zero attached hydrogens (tertiary/aromatic N) is 3. The lowest BCUT2D eigenvalue weighted by atomic mass is 9.93. The molecule has 0 spiro atoms. The molecule has 5 rings (SSSR count). The predicted octanol–water partition coefficient (Wildman–Crippen LogP) is 6.46. The summed E-state index contributed by atoms with van der Waals surface area (Å²) in [5.74, 6) is -0.303. The van der Waals surface area contributed by atoms with Crippen molar-refractivity contribution in [2.75, 3.05) is 16.0 Å². The van der Waals surface area contributed by atoms with Crippen molar-refractivity contribution in [2.45, 2.75) is 39.3 Å². The van der Waals surface area contributed by atoms with E-state index < -0.39 is 6.17 Å². The Balaban J connectivity index is 0.00000148. The van der Waals surface area contributed by atoms with Gasteiger partial charge in [0.1, 0.15) is 11.9 Å². The third-order valence-electron chi connectivity index (χ3n) is 5.65. The number of nitrogens with one attached hydrogen (secondary N) is 3. The van der Waals surface area contributed by atoms with Gasteiger partial charge in [-0.3, -0.25) is 14.8 Å². The molecule has 1 unspecified atom stereocenters. The Morgan fingerprint density at radius 1 is 0.833 bits per heavy atom. The fourth-order valence-electron chi connectivity index (χ4n) is 3.90. The van der Waals surface area contributed by atoms with Crippen LogP contribution < -0.4 is 16.0 Å². The molecular weight excluding hydrogens is 455 g/mol. The smallest absolute Gasteiger partial charge is 0.274 e. The SMILES string of the molecule is CC.O=C(Nc1ccc(Nc2ccncc2)cc1)c1ccc(Nc2ccnc3c2CC(F)CC3)cn1. The van der Waals surface area contributed by atoms with Crippen molar-refractivity contribution in [2.24, 2.45) is 0 Å². The maximum absolute atomic E-state index is 13.9. The first kappa shape index (κ1) is 24.8. The molecule has 8 heteroatoms. The summed E-state index contributed by atoms with van der Waals surface area (Å²) in [6.07, 6.45) is 7.43. The van der Waals surface area contributed by atoms with Gasteiger partial charge in [-0.1, -0.05) is 13.8 Å². The van der Waals surface area contributed by atoms with Crippen molar-refractivity contribution in [3.8, 4) is 0 Å². The molecule has 1 atom stereocenters. The molecule has 1 amide bonds. The van der Waals surface area contributed by atoms with E-state index in [-0.39, 0.29) is 5.91 Å². The normalized spacial score (nSPS) is 14.0. The molecule has 36 heavy (non-hydrogen) atoms. The largest absolute Gasteiger partial charge is 0.355 e. The van der Waals surface area contributed by atoms with Gasteiger partial charge >= 0.3 is 0 Å². The van der Waals surface area contributed by atoms with E-state index in [9.17, 15) is 9.18 Å². The Labute approximate surface area is 210 Å². The summed E-state index contributed by atoms with van der Waals surface area (Å²) in [5, 5.41) is 9.40. The number of anilines is 5. The second-order valence-corrected chi connectivity index (χ2v) is 8.07. The first-order valence-electron chi connectivity index (χ1n) is 12.1. The molecule has 3 aromatic heterocycles. The van der Waals surface area contributed by atoms with Crippen molar-refractivity contribution in [1.82, 2.24) is 15.0 Å². The number of rotatable bonds is 6. The maximum Gasteiger partial charge on any atom is 0.274 e. The van der Waals surface area contributed by atoms with Gasteiger partial charge in [-0.15, -0.1) is 0 Å². The Morgan fingerprint density at radius 2 is 1.53 bits per heavy atom. The lowest BCUT2D eigenvalue weighted by Crippen LogP contribution is -2.17. The number of alkyl halides is 1. The molecule has 0 fully saturated rings. The third kappa shape index (κ3) is 6.21. The Bertz CT molecular complexity index is 1280.